The molecule has 0 aromatic carbocycles. The average molecular weight is 263 g/mol. The number of fused-ring (bicyclic) bond motifs is 1. The predicted molar refractivity (Wildman–Crippen MR) is 75.2 cm³/mol. The second-order valence-corrected chi connectivity index (χ2v) is 7.08. The largest absolute Gasteiger partial charge is 0.524 e. The van der Waals surface area contributed by atoms with Crippen LogP contribution in [0.5, 0.6) is 0 Å². The molecule has 2 aliphatic rings. The van der Waals surface area contributed by atoms with Crippen LogP contribution in [0.4, 0.5) is 0 Å². The van der Waals surface area contributed by atoms with Crippen molar-refractivity contribution in [2.24, 2.45) is 5.41 Å². The number of nitrogens with zero attached hydrogens (tertiary/aromatic N) is 1. The summed E-state index contributed by atoms with van der Waals surface area (Å²) in [7, 11) is -0.257. The summed E-state index contributed by atoms with van der Waals surface area (Å²) in [6.07, 6.45) is 4.48. The van der Waals surface area contributed by atoms with E-state index >= 15 is 0 Å². The van der Waals surface area contributed by atoms with Crippen molar-refractivity contribution in [3.63, 3.8) is 0 Å². The highest BCUT2D eigenvalue weighted by atomic mass is 32.1. The van der Waals surface area contributed by atoms with Gasteiger partial charge in [-0.15, -0.1) is 11.3 Å². The third-order valence-corrected chi connectivity index (χ3v) is 5.39. The van der Waals surface area contributed by atoms with Crippen molar-refractivity contribution < 1.29 is 9.31 Å². The summed E-state index contributed by atoms with van der Waals surface area (Å²) in [6.45, 7) is 10.4. The zero-order valence-electron chi connectivity index (χ0n) is 11.3. The van der Waals surface area contributed by atoms with Gasteiger partial charge in [0.2, 0.25) is 0 Å². The zero-order valence-corrected chi connectivity index (χ0v) is 12.1. The number of rotatable bonds is 1. The summed E-state index contributed by atoms with van der Waals surface area (Å²) < 4.78 is 11.1. The molecule has 0 spiro atoms. The molecule has 1 aromatic rings. The second kappa shape index (κ2) is 3.92. The van der Waals surface area contributed by atoms with E-state index in [0.717, 1.165) is 4.91 Å². The molecule has 0 saturated carbocycles. The molecule has 1 fully saturated rings. The van der Waals surface area contributed by atoms with Crippen LogP contribution in [0, 0.1) is 5.41 Å². The quantitative estimate of drug-likeness (QED) is 0.728. The molecular formula is C13H18BNO2S. The number of hydrogen-bond acceptors (Lipinski definition) is 4. The van der Waals surface area contributed by atoms with Gasteiger partial charge in [0.25, 0.3) is 0 Å². The summed E-state index contributed by atoms with van der Waals surface area (Å²) >= 11 is 1.69. The van der Waals surface area contributed by atoms with E-state index in [4.69, 9.17) is 14.3 Å². The van der Waals surface area contributed by atoms with Crippen LogP contribution in [-0.4, -0.2) is 25.3 Å². The van der Waals surface area contributed by atoms with E-state index in [9.17, 15) is 0 Å². The van der Waals surface area contributed by atoms with Crippen LogP contribution in [0.3, 0.4) is 0 Å². The van der Waals surface area contributed by atoms with E-state index in [0.29, 0.717) is 13.2 Å². The smallest absolute Gasteiger partial charge is 0.403 e. The lowest BCUT2D eigenvalue weighted by molar-refractivity contribution is 0.259. The van der Waals surface area contributed by atoms with Crippen molar-refractivity contribution in [3.05, 3.63) is 16.6 Å². The van der Waals surface area contributed by atoms with Gasteiger partial charge in [-0.2, -0.15) is 0 Å². The maximum Gasteiger partial charge on any atom is 0.524 e. The minimum absolute atomic E-state index is 0.0322. The van der Waals surface area contributed by atoms with Crippen LogP contribution in [0.2, 0.25) is 0 Å². The Morgan fingerprint density at radius 2 is 1.89 bits per heavy atom. The highest BCUT2D eigenvalue weighted by Gasteiger charge is 2.43. The fourth-order valence-corrected chi connectivity index (χ4v) is 3.44. The van der Waals surface area contributed by atoms with E-state index < -0.39 is 0 Å². The Morgan fingerprint density at radius 1 is 1.22 bits per heavy atom. The Kier molecular flexibility index (Phi) is 2.70. The normalized spacial score (nSPS) is 24.3. The number of thiazole rings is 1. The molecule has 0 unspecified atom stereocenters. The van der Waals surface area contributed by atoms with Gasteiger partial charge in [0.05, 0.1) is 18.9 Å². The second-order valence-electron chi connectivity index (χ2n) is 6.02. The fourth-order valence-electron chi connectivity index (χ4n) is 2.31. The Balaban J connectivity index is 2.03. The molecule has 0 bridgehead atoms. The van der Waals surface area contributed by atoms with Gasteiger partial charge in [-0.25, -0.2) is 4.98 Å². The molecule has 1 aliphatic carbocycles. The van der Waals surface area contributed by atoms with Crippen LogP contribution < -0.4 is 4.91 Å². The van der Waals surface area contributed by atoms with Crippen molar-refractivity contribution >= 4 is 29.4 Å². The molecule has 3 rings (SSSR count). The third kappa shape index (κ3) is 1.68. The SMILES string of the molecule is CC1(C)C=Cc2sc(B3OCCO3)nc2C1(C)C. The molecule has 5 heteroatoms. The van der Waals surface area contributed by atoms with E-state index in [-0.39, 0.29) is 17.9 Å². The minimum atomic E-state index is -0.257. The Bertz CT molecular complexity index is 501. The minimum Gasteiger partial charge on any atom is -0.403 e. The number of allylic oxidation sites excluding steroid dienone is 1. The van der Waals surface area contributed by atoms with E-state index in [1.165, 1.54) is 10.6 Å². The van der Waals surface area contributed by atoms with Crippen molar-refractivity contribution in [1.82, 2.24) is 4.98 Å². The van der Waals surface area contributed by atoms with Crippen molar-refractivity contribution in [1.29, 1.82) is 0 Å². The van der Waals surface area contributed by atoms with Crippen LogP contribution in [0.25, 0.3) is 6.08 Å². The number of hydrogen-bond donors (Lipinski definition) is 0. The summed E-state index contributed by atoms with van der Waals surface area (Å²) in [5.74, 6) is 0. The first kappa shape index (κ1) is 12.4. The van der Waals surface area contributed by atoms with Crippen LogP contribution in [0.15, 0.2) is 6.08 Å². The monoisotopic (exact) mass is 263 g/mol. The standard InChI is InChI=1S/C13H18BNO2S/c1-12(2)6-5-9-10(13(12,3)4)15-11(18-9)14-16-7-8-17-14/h5-6H,7-8H2,1-4H3. The first-order chi connectivity index (χ1) is 8.42. The summed E-state index contributed by atoms with van der Waals surface area (Å²) in [4.78, 5) is 6.99. The molecule has 0 atom stereocenters. The Labute approximate surface area is 112 Å². The van der Waals surface area contributed by atoms with E-state index in [1.54, 1.807) is 11.3 Å². The molecule has 0 amide bonds. The fraction of sp³-hybridized carbons (Fsp3) is 0.615. The predicted octanol–water partition coefficient (Wildman–Crippen LogP) is 2.22. The molecule has 2 heterocycles. The van der Waals surface area contributed by atoms with Gasteiger partial charge < -0.3 is 9.31 Å². The lowest BCUT2D eigenvalue weighted by Crippen LogP contribution is -2.39. The van der Waals surface area contributed by atoms with Crippen LogP contribution in [0.1, 0.15) is 38.3 Å². The highest BCUT2D eigenvalue weighted by molar-refractivity contribution is 7.22. The van der Waals surface area contributed by atoms with Gasteiger partial charge in [0, 0.05) is 10.3 Å². The van der Waals surface area contributed by atoms with Crippen molar-refractivity contribution in [3.8, 4) is 0 Å². The molecule has 96 valence electrons. The van der Waals surface area contributed by atoms with Gasteiger partial charge >= 0.3 is 7.12 Å². The van der Waals surface area contributed by atoms with Crippen molar-refractivity contribution in [2.75, 3.05) is 13.2 Å². The summed E-state index contributed by atoms with van der Waals surface area (Å²) in [6, 6.07) is 0. The molecule has 1 saturated heterocycles. The van der Waals surface area contributed by atoms with Crippen molar-refractivity contribution in [2.45, 2.75) is 33.1 Å². The molecule has 1 aromatic heterocycles. The Hall–Kier alpha value is -0.645. The van der Waals surface area contributed by atoms with Gasteiger partial charge in [-0.05, 0) is 11.5 Å². The van der Waals surface area contributed by atoms with Crippen LogP contribution in [-0.2, 0) is 14.7 Å². The molecule has 1 aliphatic heterocycles. The lowest BCUT2D eigenvalue weighted by atomic mass is 9.63. The van der Waals surface area contributed by atoms with Gasteiger partial charge in [-0.1, -0.05) is 33.8 Å². The Morgan fingerprint density at radius 3 is 2.56 bits per heavy atom. The number of aromatic nitrogens is 1. The maximum atomic E-state index is 5.54. The molecule has 0 radical (unpaired) electrons. The van der Waals surface area contributed by atoms with Gasteiger partial charge in [0.1, 0.15) is 4.91 Å². The first-order valence-corrected chi connectivity index (χ1v) is 7.17. The maximum absolute atomic E-state index is 5.54. The molecule has 18 heavy (non-hydrogen) atoms. The molecule has 3 nitrogen and oxygen atoms in total. The highest BCUT2D eigenvalue weighted by Crippen LogP contribution is 2.47. The zero-order chi connectivity index (χ0) is 13.0. The first-order valence-electron chi connectivity index (χ1n) is 6.35. The lowest BCUT2D eigenvalue weighted by Gasteiger charge is -2.41. The van der Waals surface area contributed by atoms with E-state index in [2.05, 4.69) is 39.8 Å². The van der Waals surface area contributed by atoms with Gasteiger partial charge in [-0.3, -0.25) is 0 Å². The third-order valence-electron chi connectivity index (χ3n) is 4.35. The molecule has 0 N–H and O–H groups in total. The van der Waals surface area contributed by atoms with Gasteiger partial charge in [0.15, 0.2) is 0 Å². The van der Waals surface area contributed by atoms with E-state index in [1.807, 2.05) is 0 Å². The van der Waals surface area contributed by atoms with Crippen LogP contribution >= 0.6 is 11.3 Å². The molecular weight excluding hydrogens is 245 g/mol. The summed E-state index contributed by atoms with van der Waals surface area (Å²) in [5.41, 5.74) is 1.32. The topological polar surface area (TPSA) is 31.4 Å². The summed E-state index contributed by atoms with van der Waals surface area (Å²) in [5, 5.41) is 0. The average Bonchev–Trinajstić information content (AvgIpc) is 2.93.